The molecule has 0 spiro atoms. The van der Waals surface area contributed by atoms with Crippen LogP contribution in [0.25, 0.3) is 0 Å². The highest BCUT2D eigenvalue weighted by Crippen LogP contribution is 2.22. The number of carbonyl (C=O) groups is 2. The van der Waals surface area contributed by atoms with Gasteiger partial charge >= 0.3 is 6.36 Å². The van der Waals surface area contributed by atoms with Crippen LogP contribution in [0.15, 0.2) is 83.8 Å². The van der Waals surface area contributed by atoms with Crippen molar-refractivity contribution in [2.45, 2.75) is 36.7 Å². The summed E-state index contributed by atoms with van der Waals surface area (Å²) in [6.07, 6.45) is -4.89. The summed E-state index contributed by atoms with van der Waals surface area (Å²) in [5, 5.41) is 21.0. The third kappa shape index (κ3) is 10.0. The number of nitrogens with two attached hydrogens (primary N) is 1. The second-order valence-corrected chi connectivity index (χ2v) is 10.1. The van der Waals surface area contributed by atoms with Crippen molar-refractivity contribution in [3.05, 3.63) is 95.6 Å². The van der Waals surface area contributed by atoms with E-state index in [0.717, 1.165) is 17.7 Å². The molecule has 0 aromatic heterocycles. The third-order valence-electron chi connectivity index (χ3n) is 5.42. The number of ether oxygens (including phenoxy) is 1. The fourth-order valence-corrected chi connectivity index (χ4v) is 4.07. The maximum atomic E-state index is 13.0. The molecule has 0 aliphatic heterocycles. The zero-order valence-electron chi connectivity index (χ0n) is 20.9. The lowest BCUT2D eigenvalue weighted by atomic mass is 10.1. The number of hydrogen-bond acceptors (Lipinski definition) is 6. The molecule has 0 saturated heterocycles. The molecule has 3 rings (SSSR count). The lowest BCUT2D eigenvalue weighted by Gasteiger charge is -2.20. The van der Waals surface area contributed by atoms with Crippen molar-refractivity contribution in [1.82, 2.24) is 16.0 Å². The van der Waals surface area contributed by atoms with Gasteiger partial charge in [0.1, 0.15) is 11.8 Å². The summed E-state index contributed by atoms with van der Waals surface area (Å²) in [5.74, 6) is -1.99. The molecule has 10 nitrogen and oxygen atoms in total. The number of primary sulfonamides is 1. The first-order valence-corrected chi connectivity index (χ1v) is 13.3. The van der Waals surface area contributed by atoms with Crippen molar-refractivity contribution in [3.63, 3.8) is 0 Å². The molecule has 3 aromatic carbocycles. The first-order chi connectivity index (χ1) is 18.8. The van der Waals surface area contributed by atoms with Gasteiger partial charge in [0.15, 0.2) is 5.96 Å². The monoisotopic (exact) mass is 577 g/mol. The Morgan fingerprint density at radius 3 is 2.08 bits per heavy atom. The second-order valence-electron chi connectivity index (χ2n) is 8.59. The van der Waals surface area contributed by atoms with E-state index in [9.17, 15) is 31.2 Å². The van der Waals surface area contributed by atoms with Crippen LogP contribution in [0.2, 0.25) is 0 Å². The minimum atomic E-state index is -4.83. The van der Waals surface area contributed by atoms with Gasteiger partial charge in [-0.1, -0.05) is 54.6 Å². The van der Waals surface area contributed by atoms with E-state index in [0.29, 0.717) is 11.1 Å². The quantitative estimate of drug-likeness (QED) is 0.183. The minimum absolute atomic E-state index is 0.0600. The van der Waals surface area contributed by atoms with E-state index in [-0.39, 0.29) is 24.3 Å². The minimum Gasteiger partial charge on any atom is -0.406 e. The highest BCUT2D eigenvalue weighted by molar-refractivity contribution is 7.89. The molecule has 14 heteroatoms. The number of guanidine groups is 1. The van der Waals surface area contributed by atoms with Gasteiger partial charge in [-0.25, -0.2) is 13.6 Å². The SMILES string of the molecule is N=C(NC(=O)Cc1ccc(OC(F)(F)F)cc1)N[C@H](Cc1ccccc1)C(=O)NCc1ccc(S(N)(=O)=O)cc1. The second kappa shape index (κ2) is 13.1. The lowest BCUT2D eigenvalue weighted by molar-refractivity contribution is -0.274. The number of amides is 2. The molecule has 0 fully saturated rings. The summed E-state index contributed by atoms with van der Waals surface area (Å²) in [7, 11) is -3.85. The van der Waals surface area contributed by atoms with Crippen LogP contribution in [0, 0.1) is 5.41 Å². The van der Waals surface area contributed by atoms with Crippen molar-refractivity contribution in [1.29, 1.82) is 5.41 Å². The molecule has 0 bridgehead atoms. The first kappa shape index (κ1) is 30.1. The van der Waals surface area contributed by atoms with E-state index < -0.39 is 46.0 Å². The summed E-state index contributed by atoms with van der Waals surface area (Å²) in [4.78, 5) is 25.3. The van der Waals surface area contributed by atoms with Crippen LogP contribution in [0.3, 0.4) is 0 Å². The Kier molecular flexibility index (Phi) is 9.85. The predicted octanol–water partition coefficient (Wildman–Crippen LogP) is 2.34. The Bertz CT molecular complexity index is 1430. The Hall–Kier alpha value is -4.43. The van der Waals surface area contributed by atoms with Crippen LogP contribution in [0.5, 0.6) is 5.75 Å². The zero-order valence-corrected chi connectivity index (χ0v) is 21.7. The summed E-state index contributed by atoms with van der Waals surface area (Å²) in [6, 6.07) is 18.4. The average molecular weight is 578 g/mol. The summed E-state index contributed by atoms with van der Waals surface area (Å²) >= 11 is 0. The molecule has 3 aromatic rings. The van der Waals surface area contributed by atoms with E-state index in [1.807, 2.05) is 0 Å². The van der Waals surface area contributed by atoms with E-state index in [1.54, 1.807) is 30.3 Å². The molecule has 0 unspecified atom stereocenters. The number of hydrogen-bond donors (Lipinski definition) is 5. The van der Waals surface area contributed by atoms with Crippen molar-refractivity contribution >= 4 is 27.8 Å². The molecule has 0 aliphatic rings. The average Bonchev–Trinajstić information content (AvgIpc) is 2.87. The fraction of sp³-hybridized carbons (Fsp3) is 0.192. The van der Waals surface area contributed by atoms with Gasteiger partial charge in [-0.15, -0.1) is 13.2 Å². The number of benzene rings is 3. The zero-order chi connectivity index (χ0) is 29.3. The predicted molar refractivity (Wildman–Crippen MR) is 139 cm³/mol. The number of halogens is 3. The van der Waals surface area contributed by atoms with Gasteiger partial charge in [0.05, 0.1) is 11.3 Å². The Morgan fingerprint density at radius 2 is 1.50 bits per heavy atom. The molecule has 40 heavy (non-hydrogen) atoms. The Labute approximate surface area is 228 Å². The van der Waals surface area contributed by atoms with Gasteiger partial charge in [0, 0.05) is 13.0 Å². The Morgan fingerprint density at radius 1 is 0.900 bits per heavy atom. The van der Waals surface area contributed by atoms with E-state index in [4.69, 9.17) is 10.5 Å². The number of nitrogens with one attached hydrogen (secondary N) is 4. The molecular weight excluding hydrogens is 551 g/mol. The maximum absolute atomic E-state index is 13.0. The van der Waals surface area contributed by atoms with Crippen molar-refractivity contribution in [3.8, 4) is 5.75 Å². The van der Waals surface area contributed by atoms with E-state index in [1.165, 1.54) is 36.4 Å². The van der Waals surface area contributed by atoms with Gasteiger partial charge < -0.3 is 15.4 Å². The molecule has 0 saturated carbocycles. The molecule has 2 amide bonds. The van der Waals surface area contributed by atoms with Crippen LogP contribution in [-0.4, -0.2) is 38.6 Å². The van der Waals surface area contributed by atoms with Crippen molar-refractivity contribution in [2.24, 2.45) is 5.14 Å². The number of rotatable bonds is 10. The topological polar surface area (TPSA) is 163 Å². The summed E-state index contributed by atoms with van der Waals surface area (Å²) in [5.41, 5.74) is 1.77. The number of alkyl halides is 3. The molecular formula is C26H26F3N5O5S. The molecule has 0 radical (unpaired) electrons. The first-order valence-electron chi connectivity index (χ1n) is 11.7. The smallest absolute Gasteiger partial charge is 0.406 e. The normalized spacial score (nSPS) is 12.2. The standard InChI is InChI=1S/C26H26F3N5O5S/c27-26(28,29)39-20-10-6-18(7-11-20)15-23(35)34-25(30)33-22(14-17-4-2-1-3-5-17)24(36)32-16-19-8-12-21(13-9-19)40(31,37)38/h1-13,22H,14-16H2,(H,32,36)(H2,31,37,38)(H3,30,33,34,35)/t22-/m1/s1. The largest absolute Gasteiger partial charge is 0.573 e. The highest BCUT2D eigenvalue weighted by atomic mass is 32.2. The van der Waals surface area contributed by atoms with Crippen LogP contribution in [0.4, 0.5) is 13.2 Å². The van der Waals surface area contributed by atoms with Gasteiger partial charge in [0.2, 0.25) is 21.8 Å². The molecule has 6 N–H and O–H groups in total. The third-order valence-corrected chi connectivity index (χ3v) is 6.35. The molecule has 212 valence electrons. The van der Waals surface area contributed by atoms with Crippen LogP contribution in [0.1, 0.15) is 16.7 Å². The Balaban J connectivity index is 1.60. The lowest BCUT2D eigenvalue weighted by Crippen LogP contribution is -2.52. The van der Waals surface area contributed by atoms with Gasteiger partial charge in [0.25, 0.3) is 0 Å². The number of carbonyl (C=O) groups excluding carboxylic acids is 2. The number of sulfonamides is 1. The van der Waals surface area contributed by atoms with Gasteiger partial charge in [-0.3, -0.25) is 20.3 Å². The van der Waals surface area contributed by atoms with Crippen LogP contribution >= 0.6 is 0 Å². The molecule has 1 atom stereocenters. The molecule has 0 heterocycles. The van der Waals surface area contributed by atoms with E-state index >= 15 is 0 Å². The molecule has 0 aliphatic carbocycles. The van der Waals surface area contributed by atoms with Crippen LogP contribution in [-0.2, 0) is 39.0 Å². The van der Waals surface area contributed by atoms with Crippen molar-refractivity contribution in [2.75, 3.05) is 0 Å². The van der Waals surface area contributed by atoms with Crippen LogP contribution < -0.4 is 25.8 Å². The van der Waals surface area contributed by atoms with Crippen molar-refractivity contribution < 1.29 is 35.9 Å². The van der Waals surface area contributed by atoms with Gasteiger partial charge in [-0.05, 0) is 41.0 Å². The fourth-order valence-electron chi connectivity index (χ4n) is 3.56. The van der Waals surface area contributed by atoms with E-state index in [2.05, 4.69) is 20.7 Å². The maximum Gasteiger partial charge on any atom is 0.573 e. The highest BCUT2D eigenvalue weighted by Gasteiger charge is 2.31. The summed E-state index contributed by atoms with van der Waals surface area (Å²) in [6.45, 7) is 0.0600. The summed E-state index contributed by atoms with van der Waals surface area (Å²) < 4.78 is 63.6. The van der Waals surface area contributed by atoms with Gasteiger partial charge in [-0.2, -0.15) is 0 Å².